The Kier molecular flexibility index (Phi) is 6.27. The molecule has 0 spiro atoms. The van der Waals surface area contributed by atoms with Gasteiger partial charge in [0.05, 0.1) is 11.3 Å². The summed E-state index contributed by atoms with van der Waals surface area (Å²) in [5.74, 6) is 0.896. The average Bonchev–Trinajstić information content (AvgIpc) is 3.49. The Morgan fingerprint density at radius 2 is 1.88 bits per heavy atom. The fourth-order valence-corrected chi connectivity index (χ4v) is 4.83. The first-order chi connectivity index (χ1) is 16.6. The smallest absolute Gasteiger partial charge is 0.258 e. The van der Waals surface area contributed by atoms with Gasteiger partial charge in [0, 0.05) is 42.4 Å². The number of ether oxygens (including phenoxy) is 2. The van der Waals surface area contributed by atoms with E-state index in [1.54, 1.807) is 36.5 Å². The zero-order valence-corrected chi connectivity index (χ0v) is 19.5. The summed E-state index contributed by atoms with van der Waals surface area (Å²) in [6.45, 7) is 4.24. The Morgan fingerprint density at radius 3 is 2.76 bits per heavy atom. The van der Waals surface area contributed by atoms with Crippen molar-refractivity contribution in [2.24, 2.45) is 0 Å². The molecule has 3 heterocycles. The van der Waals surface area contributed by atoms with Gasteiger partial charge in [-0.05, 0) is 55.3 Å². The minimum atomic E-state index is -0.257. The van der Waals surface area contributed by atoms with Crippen LogP contribution >= 0.6 is 11.8 Å². The zero-order chi connectivity index (χ0) is 23.5. The van der Waals surface area contributed by atoms with Crippen LogP contribution in [-0.2, 0) is 11.2 Å². The highest BCUT2D eigenvalue weighted by Gasteiger charge is 2.20. The van der Waals surface area contributed by atoms with E-state index in [0.717, 1.165) is 25.2 Å². The number of pyridine rings is 1. The minimum absolute atomic E-state index is 0.107. The Labute approximate surface area is 201 Å². The Bertz CT molecular complexity index is 1250. The molecule has 0 saturated carbocycles. The molecule has 0 radical (unpaired) electrons. The fraction of sp³-hybridized carbons (Fsp3) is 0.240. The molecule has 9 heteroatoms. The monoisotopic (exact) mass is 476 g/mol. The van der Waals surface area contributed by atoms with Gasteiger partial charge in [-0.1, -0.05) is 17.8 Å². The van der Waals surface area contributed by atoms with E-state index < -0.39 is 0 Å². The van der Waals surface area contributed by atoms with E-state index in [1.807, 2.05) is 12.1 Å². The van der Waals surface area contributed by atoms with Gasteiger partial charge in [0.2, 0.25) is 12.7 Å². The summed E-state index contributed by atoms with van der Waals surface area (Å²) >= 11 is 1.21. The standard InChI is InChI=1S/C25H24N4O4S/c1-2-29-11-9-16-5-6-17(12-20(16)29)28-24(31)19-4-3-10-26-25(19)34-14-23(30)27-18-7-8-21-22(13-18)33-15-32-21/h3-8,10,12-13H,2,9,11,14-15H2,1H3,(H,27,30)(H,28,31). The molecule has 174 valence electrons. The van der Waals surface area contributed by atoms with Crippen LogP contribution in [0.4, 0.5) is 17.1 Å². The molecular formula is C25H24N4O4S. The van der Waals surface area contributed by atoms with Gasteiger partial charge in [-0.3, -0.25) is 9.59 Å². The third kappa shape index (κ3) is 4.65. The van der Waals surface area contributed by atoms with E-state index >= 15 is 0 Å². The number of nitrogens with zero attached hydrogens (tertiary/aromatic N) is 2. The van der Waals surface area contributed by atoms with Crippen molar-refractivity contribution in [2.45, 2.75) is 18.4 Å². The summed E-state index contributed by atoms with van der Waals surface area (Å²) in [6.07, 6.45) is 2.64. The summed E-state index contributed by atoms with van der Waals surface area (Å²) in [5.41, 5.74) is 4.25. The average molecular weight is 477 g/mol. The minimum Gasteiger partial charge on any atom is -0.454 e. The molecule has 34 heavy (non-hydrogen) atoms. The molecule has 3 aromatic rings. The maximum absolute atomic E-state index is 13.0. The second-order valence-corrected chi connectivity index (χ2v) is 8.85. The lowest BCUT2D eigenvalue weighted by Crippen LogP contribution is -2.19. The Balaban J connectivity index is 1.23. The number of thioether (sulfide) groups is 1. The highest BCUT2D eigenvalue weighted by molar-refractivity contribution is 8.00. The number of likely N-dealkylation sites (N-methyl/N-ethyl adjacent to an activating group) is 1. The number of nitrogens with one attached hydrogen (secondary N) is 2. The van der Waals surface area contributed by atoms with Gasteiger partial charge in [-0.15, -0.1) is 0 Å². The van der Waals surface area contributed by atoms with Crippen molar-refractivity contribution in [3.05, 3.63) is 65.9 Å². The summed E-state index contributed by atoms with van der Waals surface area (Å²) in [5, 5.41) is 6.31. The van der Waals surface area contributed by atoms with E-state index in [0.29, 0.717) is 27.8 Å². The van der Waals surface area contributed by atoms with Crippen molar-refractivity contribution in [2.75, 3.05) is 41.2 Å². The number of carbonyl (C=O) groups is 2. The third-order valence-electron chi connectivity index (χ3n) is 5.73. The second-order valence-electron chi connectivity index (χ2n) is 7.89. The number of amides is 2. The van der Waals surface area contributed by atoms with Gasteiger partial charge in [0.25, 0.3) is 5.91 Å². The van der Waals surface area contributed by atoms with Crippen LogP contribution in [0.1, 0.15) is 22.8 Å². The Morgan fingerprint density at radius 1 is 1.06 bits per heavy atom. The summed E-state index contributed by atoms with van der Waals surface area (Å²) in [6, 6.07) is 14.7. The molecule has 2 aliphatic heterocycles. The van der Waals surface area contributed by atoms with Crippen LogP contribution in [0.3, 0.4) is 0 Å². The number of aromatic nitrogens is 1. The first-order valence-electron chi connectivity index (χ1n) is 11.1. The molecule has 8 nitrogen and oxygen atoms in total. The van der Waals surface area contributed by atoms with E-state index in [-0.39, 0.29) is 24.4 Å². The quantitative estimate of drug-likeness (QED) is 0.494. The SMILES string of the molecule is CCN1CCc2ccc(NC(=O)c3cccnc3SCC(=O)Nc3ccc4c(c3)OCO4)cc21. The zero-order valence-electron chi connectivity index (χ0n) is 18.7. The lowest BCUT2D eigenvalue weighted by Gasteiger charge is -2.17. The molecule has 0 aliphatic carbocycles. The molecule has 2 N–H and O–H groups in total. The molecule has 1 aromatic heterocycles. The van der Waals surface area contributed by atoms with E-state index in [4.69, 9.17) is 9.47 Å². The van der Waals surface area contributed by atoms with Crippen molar-refractivity contribution in [1.29, 1.82) is 0 Å². The van der Waals surface area contributed by atoms with Gasteiger partial charge in [0.1, 0.15) is 5.03 Å². The van der Waals surface area contributed by atoms with Crippen LogP contribution in [0.25, 0.3) is 0 Å². The number of rotatable bonds is 7. The van der Waals surface area contributed by atoms with Gasteiger partial charge in [-0.25, -0.2) is 4.98 Å². The largest absolute Gasteiger partial charge is 0.454 e. The van der Waals surface area contributed by atoms with Gasteiger partial charge in [-0.2, -0.15) is 0 Å². The van der Waals surface area contributed by atoms with E-state index in [1.165, 1.54) is 23.0 Å². The first kappa shape index (κ1) is 22.1. The molecule has 0 unspecified atom stereocenters. The number of carbonyl (C=O) groups excluding carboxylic acids is 2. The number of anilines is 3. The van der Waals surface area contributed by atoms with E-state index in [2.05, 4.69) is 33.5 Å². The van der Waals surface area contributed by atoms with Gasteiger partial charge >= 0.3 is 0 Å². The molecule has 5 rings (SSSR count). The normalized spacial score (nSPS) is 13.5. The van der Waals surface area contributed by atoms with Crippen LogP contribution in [0, 0.1) is 0 Å². The molecule has 0 atom stereocenters. The van der Waals surface area contributed by atoms with Gasteiger partial charge < -0.3 is 25.0 Å². The molecular weight excluding hydrogens is 452 g/mol. The lowest BCUT2D eigenvalue weighted by atomic mass is 10.1. The highest BCUT2D eigenvalue weighted by Crippen LogP contribution is 2.34. The number of hydrogen-bond acceptors (Lipinski definition) is 7. The molecule has 0 bridgehead atoms. The lowest BCUT2D eigenvalue weighted by molar-refractivity contribution is -0.113. The van der Waals surface area contributed by atoms with Crippen molar-refractivity contribution < 1.29 is 19.1 Å². The molecule has 2 amide bonds. The van der Waals surface area contributed by atoms with Crippen molar-refractivity contribution in [3.8, 4) is 11.5 Å². The van der Waals surface area contributed by atoms with Crippen molar-refractivity contribution in [1.82, 2.24) is 4.98 Å². The van der Waals surface area contributed by atoms with Crippen LogP contribution in [0.2, 0.25) is 0 Å². The number of benzene rings is 2. The van der Waals surface area contributed by atoms with Crippen molar-refractivity contribution in [3.63, 3.8) is 0 Å². The topological polar surface area (TPSA) is 92.8 Å². The maximum atomic E-state index is 13.0. The maximum Gasteiger partial charge on any atom is 0.258 e. The summed E-state index contributed by atoms with van der Waals surface area (Å²) < 4.78 is 10.6. The Hall–Kier alpha value is -3.72. The van der Waals surface area contributed by atoms with Crippen LogP contribution in [-0.4, -0.2) is 42.4 Å². The predicted octanol–water partition coefficient (Wildman–Crippen LogP) is 4.18. The van der Waals surface area contributed by atoms with Gasteiger partial charge in [0.15, 0.2) is 11.5 Å². The third-order valence-corrected chi connectivity index (χ3v) is 6.73. The number of hydrogen-bond donors (Lipinski definition) is 2. The summed E-state index contributed by atoms with van der Waals surface area (Å²) in [7, 11) is 0. The highest BCUT2D eigenvalue weighted by atomic mass is 32.2. The van der Waals surface area contributed by atoms with E-state index in [9.17, 15) is 9.59 Å². The molecule has 2 aliphatic rings. The van der Waals surface area contributed by atoms with Crippen molar-refractivity contribution >= 4 is 40.6 Å². The van der Waals surface area contributed by atoms with Crippen LogP contribution < -0.4 is 25.0 Å². The predicted molar refractivity (Wildman–Crippen MR) is 132 cm³/mol. The molecule has 0 saturated heterocycles. The second kappa shape index (κ2) is 9.64. The van der Waals surface area contributed by atoms with Crippen LogP contribution in [0.5, 0.6) is 11.5 Å². The van der Waals surface area contributed by atoms with Crippen LogP contribution in [0.15, 0.2) is 59.8 Å². The fourth-order valence-electron chi connectivity index (χ4n) is 4.03. The first-order valence-corrected chi connectivity index (χ1v) is 12.1. The number of fused-ring (bicyclic) bond motifs is 2. The summed E-state index contributed by atoms with van der Waals surface area (Å²) in [4.78, 5) is 32.1. The molecule has 0 fully saturated rings. The molecule has 2 aromatic carbocycles.